The van der Waals surface area contributed by atoms with E-state index in [0.29, 0.717) is 12.4 Å². The zero-order chi connectivity index (χ0) is 31.7. The maximum Gasteiger partial charge on any atom is 0.426 e. The SMILES string of the molecule is C=CC[C@H](NC(=O)OC(C)(C)C)c1nc(-c2ccc(NC(=O)OC)cc2N=CC(F)(F)F)cn1COCC[Si](C)(C)C. The number of imidazole rings is 1. The van der Waals surface area contributed by atoms with E-state index in [1.165, 1.54) is 18.2 Å². The molecule has 0 radical (unpaired) electrons. The number of hydrogen-bond donors (Lipinski definition) is 2. The van der Waals surface area contributed by atoms with Gasteiger partial charge in [-0.3, -0.25) is 10.3 Å². The first-order chi connectivity index (χ1) is 19.4. The molecule has 42 heavy (non-hydrogen) atoms. The molecule has 1 aromatic carbocycles. The molecule has 0 aliphatic rings. The van der Waals surface area contributed by atoms with Crippen LogP contribution in [0.25, 0.3) is 11.3 Å². The van der Waals surface area contributed by atoms with Gasteiger partial charge in [-0.2, -0.15) is 13.2 Å². The van der Waals surface area contributed by atoms with Gasteiger partial charge >= 0.3 is 18.4 Å². The van der Waals surface area contributed by atoms with Crippen molar-refractivity contribution in [2.24, 2.45) is 4.99 Å². The van der Waals surface area contributed by atoms with Gasteiger partial charge in [0.25, 0.3) is 0 Å². The molecule has 0 saturated carbocycles. The Bertz CT molecular complexity index is 1270. The van der Waals surface area contributed by atoms with Crippen LogP contribution < -0.4 is 10.6 Å². The van der Waals surface area contributed by atoms with Crippen molar-refractivity contribution >= 4 is 37.8 Å². The lowest BCUT2D eigenvalue weighted by molar-refractivity contribution is -0.0535. The summed E-state index contributed by atoms with van der Waals surface area (Å²) in [4.78, 5) is 32.7. The molecular weight excluding hydrogens is 571 g/mol. The van der Waals surface area contributed by atoms with E-state index in [1.807, 2.05) is 0 Å². The van der Waals surface area contributed by atoms with Crippen molar-refractivity contribution in [2.75, 3.05) is 19.0 Å². The number of methoxy groups -OCH3 is 1. The van der Waals surface area contributed by atoms with E-state index < -0.39 is 38.1 Å². The summed E-state index contributed by atoms with van der Waals surface area (Å²) in [6.07, 6.45) is -2.77. The second kappa shape index (κ2) is 14.5. The van der Waals surface area contributed by atoms with E-state index in [9.17, 15) is 22.8 Å². The largest absolute Gasteiger partial charge is 0.453 e. The fraction of sp³-hybridized carbons (Fsp3) is 0.500. The van der Waals surface area contributed by atoms with Crippen LogP contribution >= 0.6 is 0 Å². The standard InChI is InChI=1S/C28H40F3N5O5Si/c1-9-10-21(35-26(38)41-27(2,3)4)24-34-23(16-36(24)18-40-13-14-42(6,7)8)20-12-11-19(33-25(37)39-5)15-22(20)32-17-28(29,30)31/h9,11-12,15-17,21H,1,10,13-14,18H2,2-8H3,(H,33,37)(H,35,38)/t21-/m0/s1. The van der Waals surface area contributed by atoms with Gasteiger partial charge in [0.2, 0.25) is 0 Å². The number of anilines is 1. The molecule has 2 N–H and O–H groups in total. The van der Waals surface area contributed by atoms with Gasteiger partial charge in [-0.05, 0) is 51.4 Å². The smallest absolute Gasteiger partial charge is 0.426 e. The summed E-state index contributed by atoms with van der Waals surface area (Å²) >= 11 is 0. The molecule has 0 aliphatic carbocycles. The highest BCUT2D eigenvalue weighted by Gasteiger charge is 2.26. The molecule has 2 rings (SSSR count). The minimum Gasteiger partial charge on any atom is -0.453 e. The van der Waals surface area contributed by atoms with E-state index in [0.717, 1.165) is 13.2 Å². The Morgan fingerprint density at radius 1 is 1.19 bits per heavy atom. The van der Waals surface area contributed by atoms with Gasteiger partial charge in [0.15, 0.2) is 0 Å². The molecule has 2 amide bonds. The predicted octanol–water partition coefficient (Wildman–Crippen LogP) is 7.45. The van der Waals surface area contributed by atoms with E-state index in [-0.39, 0.29) is 42.0 Å². The van der Waals surface area contributed by atoms with Gasteiger partial charge in [0.1, 0.15) is 24.4 Å². The molecule has 1 atom stereocenters. The number of nitrogens with one attached hydrogen (secondary N) is 2. The Hall–Kier alpha value is -3.65. The number of benzene rings is 1. The van der Waals surface area contributed by atoms with Crippen LogP contribution in [0.3, 0.4) is 0 Å². The first kappa shape index (κ1) is 34.5. The zero-order valence-electron chi connectivity index (χ0n) is 25.1. The third-order valence-electron chi connectivity index (χ3n) is 5.49. The molecular formula is C28H40F3N5O5Si. The van der Waals surface area contributed by atoms with Gasteiger partial charge in [0, 0.05) is 32.1 Å². The summed E-state index contributed by atoms with van der Waals surface area (Å²) in [6.45, 7) is 16.3. The fourth-order valence-electron chi connectivity index (χ4n) is 3.57. The maximum atomic E-state index is 13.1. The first-order valence-corrected chi connectivity index (χ1v) is 17.0. The molecule has 0 aliphatic heterocycles. The summed E-state index contributed by atoms with van der Waals surface area (Å²) in [6, 6.07) is 4.48. The lowest BCUT2D eigenvalue weighted by Gasteiger charge is -2.23. The quantitative estimate of drug-likeness (QED) is 0.111. The number of alkyl carbamates (subject to hydrolysis) is 1. The number of amides is 2. The topological polar surface area (TPSA) is 116 Å². The molecule has 1 aromatic heterocycles. The number of alkyl halides is 3. The molecule has 1 heterocycles. The van der Waals surface area contributed by atoms with Crippen molar-refractivity contribution in [1.82, 2.24) is 14.9 Å². The maximum absolute atomic E-state index is 13.1. The van der Waals surface area contributed by atoms with Crippen LogP contribution in [0.2, 0.25) is 25.7 Å². The van der Waals surface area contributed by atoms with Gasteiger partial charge in [0.05, 0.1) is 24.5 Å². The van der Waals surface area contributed by atoms with Crippen molar-refractivity contribution in [3.05, 3.63) is 42.9 Å². The third-order valence-corrected chi connectivity index (χ3v) is 7.20. The number of ether oxygens (including phenoxy) is 3. The van der Waals surface area contributed by atoms with Crippen molar-refractivity contribution in [1.29, 1.82) is 0 Å². The second-order valence-electron chi connectivity index (χ2n) is 11.7. The minimum atomic E-state index is -4.68. The number of nitrogens with zero attached hydrogens (tertiary/aromatic N) is 3. The number of halogens is 3. The van der Waals surface area contributed by atoms with Crippen molar-refractivity contribution < 1.29 is 37.0 Å². The number of carbonyl (C=O) groups is 2. The summed E-state index contributed by atoms with van der Waals surface area (Å²) < 4.78 is 56.8. The molecule has 14 heteroatoms. The van der Waals surface area contributed by atoms with Crippen molar-refractivity contribution in [3.63, 3.8) is 0 Å². The lowest BCUT2D eigenvalue weighted by Crippen LogP contribution is -2.36. The summed E-state index contributed by atoms with van der Waals surface area (Å²) in [5.74, 6) is 0.381. The Balaban J connectivity index is 2.59. The van der Waals surface area contributed by atoms with Gasteiger partial charge in [-0.25, -0.2) is 14.6 Å². The summed E-state index contributed by atoms with van der Waals surface area (Å²) in [7, 11) is -0.207. The van der Waals surface area contributed by atoms with Gasteiger partial charge in [-0.15, -0.1) is 6.58 Å². The highest BCUT2D eigenvalue weighted by atomic mass is 28.3. The van der Waals surface area contributed by atoms with Crippen molar-refractivity contribution in [3.8, 4) is 11.3 Å². The molecule has 232 valence electrons. The molecule has 0 fully saturated rings. The van der Waals surface area contributed by atoms with Crippen LogP contribution in [0, 0.1) is 0 Å². The highest BCUT2D eigenvalue weighted by Crippen LogP contribution is 2.34. The van der Waals surface area contributed by atoms with Gasteiger partial charge < -0.3 is 24.1 Å². The zero-order valence-corrected chi connectivity index (χ0v) is 26.1. The molecule has 0 spiro atoms. The second-order valence-corrected chi connectivity index (χ2v) is 17.3. The average Bonchev–Trinajstić information content (AvgIpc) is 3.27. The van der Waals surface area contributed by atoms with E-state index in [2.05, 4.69) is 46.6 Å². The highest BCUT2D eigenvalue weighted by molar-refractivity contribution is 6.76. The van der Waals surface area contributed by atoms with Crippen LogP contribution in [-0.2, 0) is 20.9 Å². The van der Waals surface area contributed by atoms with Crippen molar-refractivity contribution in [2.45, 2.75) is 77.4 Å². The van der Waals surface area contributed by atoms with Crippen LogP contribution in [-0.4, -0.2) is 61.5 Å². The fourth-order valence-corrected chi connectivity index (χ4v) is 4.33. The molecule has 0 saturated heterocycles. The monoisotopic (exact) mass is 611 g/mol. The van der Waals surface area contributed by atoms with Crippen LogP contribution in [0.5, 0.6) is 0 Å². The molecule has 0 unspecified atom stereocenters. The Morgan fingerprint density at radius 3 is 2.45 bits per heavy atom. The normalized spacial score (nSPS) is 13.1. The molecule has 0 bridgehead atoms. The molecule has 10 nitrogen and oxygen atoms in total. The van der Waals surface area contributed by atoms with Gasteiger partial charge in [-0.1, -0.05) is 25.7 Å². The predicted molar refractivity (Wildman–Crippen MR) is 159 cm³/mol. The van der Waals surface area contributed by atoms with Crippen LogP contribution in [0.4, 0.5) is 34.1 Å². The summed E-state index contributed by atoms with van der Waals surface area (Å²) in [5.41, 5.74) is -0.141. The van der Waals surface area contributed by atoms with E-state index in [4.69, 9.17) is 14.5 Å². The number of carbonyl (C=O) groups excluding carboxylic acids is 2. The summed E-state index contributed by atoms with van der Waals surface area (Å²) in [5, 5.41) is 5.22. The first-order valence-electron chi connectivity index (χ1n) is 13.3. The Morgan fingerprint density at radius 2 is 1.88 bits per heavy atom. The number of aromatic nitrogens is 2. The van der Waals surface area contributed by atoms with E-state index >= 15 is 0 Å². The number of aliphatic imine (C=N–C) groups is 1. The minimum absolute atomic E-state index is 0.0829. The number of hydrogen-bond acceptors (Lipinski definition) is 7. The van der Waals surface area contributed by atoms with E-state index in [1.54, 1.807) is 37.6 Å². The van der Waals surface area contributed by atoms with Crippen LogP contribution in [0.15, 0.2) is 42.0 Å². The Labute approximate surface area is 245 Å². The van der Waals surface area contributed by atoms with Crippen LogP contribution in [0.1, 0.15) is 39.1 Å². The number of rotatable bonds is 12. The average molecular weight is 612 g/mol. The Kier molecular flexibility index (Phi) is 11.9. The third kappa shape index (κ3) is 12.1. The lowest BCUT2D eigenvalue weighted by atomic mass is 10.1. The molecule has 2 aromatic rings.